The van der Waals surface area contributed by atoms with Gasteiger partial charge in [0.15, 0.2) is 0 Å². The van der Waals surface area contributed by atoms with Crippen molar-refractivity contribution in [3.63, 3.8) is 0 Å². The zero-order valence-corrected chi connectivity index (χ0v) is 20.3. The maximum atomic E-state index is 10.6. The van der Waals surface area contributed by atoms with Crippen molar-refractivity contribution >= 4 is 39.0 Å². The Morgan fingerprint density at radius 3 is 2.69 bits per heavy atom. The summed E-state index contributed by atoms with van der Waals surface area (Å²) < 4.78 is 1.07. The number of aliphatic hydroxyl groups is 2. The minimum absolute atomic E-state index is 0.0702. The summed E-state index contributed by atoms with van der Waals surface area (Å²) in [6, 6.07) is 17.1. The van der Waals surface area contributed by atoms with Gasteiger partial charge < -0.3 is 20.8 Å². The molecule has 1 saturated carbocycles. The van der Waals surface area contributed by atoms with Gasteiger partial charge in [0.1, 0.15) is 10.8 Å². The van der Waals surface area contributed by atoms with Crippen LogP contribution in [0.1, 0.15) is 32.3 Å². The lowest BCUT2D eigenvalue weighted by Crippen LogP contribution is -2.35. The Kier molecular flexibility index (Phi) is 6.11. The lowest BCUT2D eigenvalue weighted by atomic mass is 9.88. The summed E-state index contributed by atoms with van der Waals surface area (Å²) in [4.78, 5) is 14.0. The molecule has 4 N–H and O–H groups in total. The maximum absolute atomic E-state index is 10.6. The summed E-state index contributed by atoms with van der Waals surface area (Å²) in [5.41, 5.74) is 1.95. The third-order valence-corrected chi connectivity index (χ3v) is 7.41. The molecule has 0 amide bonds. The van der Waals surface area contributed by atoms with Gasteiger partial charge in [-0.2, -0.15) is 10.2 Å². The summed E-state index contributed by atoms with van der Waals surface area (Å²) in [6.45, 7) is 3.47. The number of fused-ring (bicyclic) bond motifs is 1. The zero-order valence-electron chi connectivity index (χ0n) is 19.4. The Hall–Kier alpha value is -3.58. The molecular formula is C26H26N6O2S. The molecule has 3 atom stereocenters. The number of para-hydroxylation sites is 1. The molecule has 8 nitrogen and oxygen atoms in total. The number of hydrogen-bond donors (Lipinski definition) is 4. The van der Waals surface area contributed by atoms with E-state index >= 15 is 0 Å². The first-order valence-electron chi connectivity index (χ1n) is 11.5. The second-order valence-corrected chi connectivity index (χ2v) is 10.4. The third-order valence-electron chi connectivity index (χ3n) is 6.34. The van der Waals surface area contributed by atoms with E-state index in [0.717, 1.165) is 20.8 Å². The second kappa shape index (κ2) is 9.23. The van der Waals surface area contributed by atoms with E-state index in [1.165, 1.54) is 0 Å². The highest BCUT2D eigenvalue weighted by molar-refractivity contribution is 7.21. The molecule has 0 radical (unpaired) electrons. The van der Waals surface area contributed by atoms with E-state index in [1.54, 1.807) is 49.6 Å². The number of thiazole rings is 1. The van der Waals surface area contributed by atoms with Gasteiger partial charge in [0.05, 0.1) is 39.1 Å². The van der Waals surface area contributed by atoms with E-state index < -0.39 is 11.7 Å². The number of hydrogen-bond acceptors (Lipinski definition) is 9. The fourth-order valence-corrected chi connectivity index (χ4v) is 5.55. The van der Waals surface area contributed by atoms with E-state index in [0.29, 0.717) is 35.9 Å². The second-order valence-electron chi connectivity index (χ2n) is 9.40. The molecule has 4 aromatic rings. The predicted octanol–water partition coefficient (Wildman–Crippen LogP) is 4.69. The van der Waals surface area contributed by atoms with Gasteiger partial charge in [-0.15, -0.1) is 11.3 Å². The summed E-state index contributed by atoms with van der Waals surface area (Å²) in [5.74, 6) is 0.746. The summed E-state index contributed by atoms with van der Waals surface area (Å²) in [6.07, 6.45) is 2.25. The van der Waals surface area contributed by atoms with Crippen molar-refractivity contribution in [2.24, 2.45) is 5.92 Å². The first-order valence-corrected chi connectivity index (χ1v) is 12.3. The summed E-state index contributed by atoms with van der Waals surface area (Å²) in [5, 5.41) is 37.7. The Morgan fingerprint density at radius 1 is 1.11 bits per heavy atom. The molecule has 3 unspecified atom stereocenters. The largest absolute Gasteiger partial charge is 0.393 e. The molecule has 0 spiro atoms. The molecule has 0 aliphatic heterocycles. The van der Waals surface area contributed by atoms with Crippen molar-refractivity contribution in [3.8, 4) is 16.6 Å². The normalized spacial score (nSPS) is 20.0. The number of benzene rings is 2. The van der Waals surface area contributed by atoms with E-state index in [2.05, 4.69) is 21.7 Å². The van der Waals surface area contributed by atoms with Crippen LogP contribution in [0, 0.1) is 17.2 Å². The van der Waals surface area contributed by atoms with Crippen LogP contribution in [0.5, 0.6) is 0 Å². The van der Waals surface area contributed by atoms with Gasteiger partial charge >= 0.3 is 0 Å². The van der Waals surface area contributed by atoms with Crippen LogP contribution in [0.3, 0.4) is 0 Å². The first-order chi connectivity index (χ1) is 16.8. The minimum Gasteiger partial charge on any atom is -0.393 e. The van der Waals surface area contributed by atoms with Gasteiger partial charge in [-0.1, -0.05) is 18.2 Å². The Morgan fingerprint density at radius 2 is 1.94 bits per heavy atom. The summed E-state index contributed by atoms with van der Waals surface area (Å²) >= 11 is 1.57. The lowest BCUT2D eigenvalue weighted by molar-refractivity contribution is -0.0314. The third kappa shape index (κ3) is 4.95. The van der Waals surface area contributed by atoms with Crippen molar-refractivity contribution in [1.29, 1.82) is 5.26 Å². The topological polar surface area (TPSA) is 127 Å². The number of nitrogens with one attached hydrogen (secondary N) is 2. The number of aliphatic hydroxyl groups excluding tert-OH is 1. The zero-order chi connectivity index (χ0) is 24.6. The van der Waals surface area contributed by atoms with Gasteiger partial charge in [0.25, 0.3) is 0 Å². The molecule has 2 aromatic carbocycles. The lowest BCUT2D eigenvalue weighted by Gasteiger charge is -2.28. The molecule has 5 rings (SSSR count). The van der Waals surface area contributed by atoms with Crippen molar-refractivity contribution in [3.05, 3.63) is 60.3 Å². The predicted molar refractivity (Wildman–Crippen MR) is 138 cm³/mol. The Bertz CT molecular complexity index is 1370. The van der Waals surface area contributed by atoms with E-state index in [-0.39, 0.29) is 12.0 Å². The van der Waals surface area contributed by atoms with Gasteiger partial charge in [0, 0.05) is 23.8 Å². The number of rotatable bonds is 6. The molecule has 0 saturated heterocycles. The van der Waals surface area contributed by atoms with Gasteiger partial charge in [-0.05, 0) is 57.0 Å². The van der Waals surface area contributed by atoms with Crippen molar-refractivity contribution in [2.75, 3.05) is 10.6 Å². The highest BCUT2D eigenvalue weighted by Crippen LogP contribution is 2.38. The van der Waals surface area contributed by atoms with Crippen LogP contribution >= 0.6 is 11.3 Å². The average molecular weight is 487 g/mol. The molecule has 1 aliphatic rings. The fourth-order valence-electron chi connectivity index (χ4n) is 4.58. The standard InChI is InChI=1S/C26H26N6O2S/c1-26(2,34)19-11-17(12-21(19)33)29-23-18(24-31-20-8-3-4-9-22(20)35-24)14-28-25(32-23)30-16-7-5-6-15(10-16)13-27/h3-10,14,17,19,21,33-34H,11-12H2,1-2H3,(H2,28,29,30,32). The van der Waals surface area contributed by atoms with Crippen molar-refractivity contribution in [1.82, 2.24) is 15.0 Å². The quantitative estimate of drug-likeness (QED) is 0.309. The number of aromatic nitrogens is 3. The number of nitrogens with zero attached hydrogens (tertiary/aromatic N) is 4. The van der Waals surface area contributed by atoms with Gasteiger partial charge in [0.2, 0.25) is 5.95 Å². The highest BCUT2D eigenvalue weighted by Gasteiger charge is 2.41. The minimum atomic E-state index is -0.976. The monoisotopic (exact) mass is 486 g/mol. The van der Waals surface area contributed by atoms with E-state index in [9.17, 15) is 15.5 Å². The van der Waals surface area contributed by atoms with Gasteiger partial charge in [-0.3, -0.25) is 0 Å². The van der Waals surface area contributed by atoms with E-state index in [1.807, 2.05) is 30.3 Å². The van der Waals surface area contributed by atoms with Crippen molar-refractivity contribution in [2.45, 2.75) is 44.4 Å². The SMILES string of the molecule is CC(C)(O)C1CC(Nc2nc(Nc3cccc(C#N)c3)ncc2-c2nc3ccccc3s2)CC1O. The molecule has 2 heterocycles. The van der Waals surface area contributed by atoms with Crippen LogP contribution in [0.2, 0.25) is 0 Å². The first kappa shape index (κ1) is 23.2. The van der Waals surface area contributed by atoms with Crippen LogP contribution in [-0.2, 0) is 0 Å². The molecule has 1 aliphatic carbocycles. The molecule has 35 heavy (non-hydrogen) atoms. The van der Waals surface area contributed by atoms with Crippen LogP contribution in [0.25, 0.3) is 20.8 Å². The van der Waals surface area contributed by atoms with Gasteiger partial charge in [-0.25, -0.2) is 9.97 Å². The average Bonchev–Trinajstić information content (AvgIpc) is 3.42. The molecule has 0 bridgehead atoms. The van der Waals surface area contributed by atoms with Crippen LogP contribution in [0.4, 0.5) is 17.5 Å². The fraction of sp³-hybridized carbons (Fsp3) is 0.308. The smallest absolute Gasteiger partial charge is 0.229 e. The van der Waals surface area contributed by atoms with Crippen LogP contribution < -0.4 is 10.6 Å². The molecule has 2 aromatic heterocycles. The molecule has 1 fully saturated rings. The van der Waals surface area contributed by atoms with E-state index in [4.69, 9.17) is 9.97 Å². The number of anilines is 3. The molecular weight excluding hydrogens is 460 g/mol. The Balaban J connectivity index is 1.49. The number of nitriles is 1. The molecule has 9 heteroatoms. The van der Waals surface area contributed by atoms with Crippen molar-refractivity contribution < 1.29 is 10.2 Å². The van der Waals surface area contributed by atoms with Crippen LogP contribution in [-0.4, -0.2) is 42.9 Å². The highest BCUT2D eigenvalue weighted by atomic mass is 32.1. The Labute approximate surface area is 207 Å². The van der Waals surface area contributed by atoms with Crippen LogP contribution in [0.15, 0.2) is 54.7 Å². The summed E-state index contributed by atoms with van der Waals surface area (Å²) in [7, 11) is 0. The molecule has 178 valence electrons. The maximum Gasteiger partial charge on any atom is 0.229 e.